The van der Waals surface area contributed by atoms with Gasteiger partial charge in [0.15, 0.2) is 0 Å². The Hall–Kier alpha value is -0.800. The highest BCUT2D eigenvalue weighted by atomic mass is 35.5. The van der Waals surface area contributed by atoms with Crippen LogP contribution in [0, 0.1) is 0 Å². The molecule has 2 rings (SSSR count). The van der Waals surface area contributed by atoms with E-state index in [0.717, 1.165) is 18.7 Å². The van der Waals surface area contributed by atoms with E-state index in [1.54, 1.807) is 0 Å². The lowest BCUT2D eigenvalue weighted by molar-refractivity contribution is 0.258. The Kier molecular flexibility index (Phi) is 4.24. The average molecular weight is 254 g/mol. The number of likely N-dealkylation sites (N-methyl/N-ethyl adjacent to an activating group) is 1. The summed E-state index contributed by atoms with van der Waals surface area (Å²) in [5.41, 5.74) is 2.38. The molecule has 1 unspecified atom stereocenters. The minimum absolute atomic E-state index is 0.534. The molecule has 0 bridgehead atoms. The van der Waals surface area contributed by atoms with Gasteiger partial charge in [-0.2, -0.15) is 0 Å². The molecule has 1 aromatic rings. The first-order valence-electron chi connectivity index (χ1n) is 6.12. The number of aromatic nitrogens is 1. The van der Waals surface area contributed by atoms with Gasteiger partial charge in [-0.05, 0) is 33.0 Å². The highest BCUT2D eigenvalue weighted by Crippen LogP contribution is 2.25. The molecule has 3 nitrogen and oxygen atoms in total. The number of nitrogens with zero attached hydrogens (tertiary/aromatic N) is 3. The Morgan fingerprint density at radius 3 is 3.06 bits per heavy atom. The lowest BCUT2D eigenvalue weighted by atomic mass is 10.0. The van der Waals surface area contributed by atoms with Crippen LogP contribution in [-0.4, -0.2) is 43.1 Å². The molecule has 0 amide bonds. The minimum Gasteiger partial charge on any atom is -0.370 e. The van der Waals surface area contributed by atoms with Crippen molar-refractivity contribution in [2.24, 2.45) is 0 Å². The fraction of sp³-hybridized carbons (Fsp3) is 0.615. The number of alkyl halides is 1. The van der Waals surface area contributed by atoms with E-state index in [2.05, 4.69) is 34.9 Å². The Balaban J connectivity index is 2.16. The highest BCUT2D eigenvalue weighted by molar-refractivity contribution is 6.17. The molecule has 1 fully saturated rings. The second-order valence-electron chi connectivity index (χ2n) is 4.84. The molecule has 0 aromatic carbocycles. The van der Waals surface area contributed by atoms with Crippen molar-refractivity contribution in [3.8, 4) is 0 Å². The predicted octanol–water partition coefficient (Wildman–Crippen LogP) is 2.35. The summed E-state index contributed by atoms with van der Waals surface area (Å²) in [6.45, 7) is 2.21. The average Bonchev–Trinajstić information content (AvgIpc) is 2.39. The van der Waals surface area contributed by atoms with Gasteiger partial charge < -0.3 is 9.80 Å². The maximum Gasteiger partial charge on any atom is 0.0509 e. The molecule has 0 radical (unpaired) electrons. The molecule has 94 valence electrons. The number of piperidine rings is 1. The van der Waals surface area contributed by atoms with Gasteiger partial charge in [-0.25, -0.2) is 0 Å². The Morgan fingerprint density at radius 1 is 1.53 bits per heavy atom. The van der Waals surface area contributed by atoms with Crippen LogP contribution in [0.1, 0.15) is 18.4 Å². The molecule has 2 heterocycles. The third-order valence-electron chi connectivity index (χ3n) is 3.49. The van der Waals surface area contributed by atoms with Crippen molar-refractivity contribution in [3.63, 3.8) is 0 Å². The van der Waals surface area contributed by atoms with Crippen molar-refractivity contribution >= 4 is 17.3 Å². The van der Waals surface area contributed by atoms with Crippen molar-refractivity contribution < 1.29 is 0 Å². The summed E-state index contributed by atoms with van der Waals surface area (Å²) in [5.74, 6) is 0.534. The maximum absolute atomic E-state index is 5.97. The predicted molar refractivity (Wildman–Crippen MR) is 72.7 cm³/mol. The minimum atomic E-state index is 0.534. The van der Waals surface area contributed by atoms with Gasteiger partial charge in [0.2, 0.25) is 0 Å². The lowest BCUT2D eigenvalue weighted by Gasteiger charge is -2.38. The van der Waals surface area contributed by atoms with E-state index in [4.69, 9.17) is 11.6 Å². The molecule has 1 atom stereocenters. The van der Waals surface area contributed by atoms with E-state index in [1.165, 1.54) is 18.5 Å². The third-order valence-corrected chi connectivity index (χ3v) is 3.78. The largest absolute Gasteiger partial charge is 0.370 e. The molecule has 0 spiro atoms. The van der Waals surface area contributed by atoms with Crippen LogP contribution < -0.4 is 4.90 Å². The molecular formula is C13H20ClN3. The van der Waals surface area contributed by atoms with Gasteiger partial charge in [-0.3, -0.25) is 4.98 Å². The van der Waals surface area contributed by atoms with Crippen LogP contribution in [0.2, 0.25) is 0 Å². The number of rotatable bonds is 3. The van der Waals surface area contributed by atoms with Crippen molar-refractivity contribution in [2.75, 3.05) is 32.1 Å². The number of halogens is 1. The Morgan fingerprint density at radius 2 is 2.35 bits per heavy atom. The van der Waals surface area contributed by atoms with Crippen LogP contribution in [0.4, 0.5) is 5.69 Å². The van der Waals surface area contributed by atoms with Crippen molar-refractivity contribution in [1.29, 1.82) is 0 Å². The van der Waals surface area contributed by atoms with Gasteiger partial charge in [0.05, 0.1) is 5.88 Å². The van der Waals surface area contributed by atoms with Gasteiger partial charge in [-0.1, -0.05) is 0 Å². The van der Waals surface area contributed by atoms with Crippen molar-refractivity contribution in [3.05, 3.63) is 24.0 Å². The van der Waals surface area contributed by atoms with Gasteiger partial charge in [-0.15, -0.1) is 11.6 Å². The second kappa shape index (κ2) is 5.69. The van der Waals surface area contributed by atoms with Crippen LogP contribution in [0.25, 0.3) is 0 Å². The summed E-state index contributed by atoms with van der Waals surface area (Å²) >= 11 is 5.97. The Labute approximate surface area is 108 Å². The molecule has 1 saturated heterocycles. The van der Waals surface area contributed by atoms with E-state index in [0.29, 0.717) is 11.9 Å². The smallest absolute Gasteiger partial charge is 0.0509 e. The highest BCUT2D eigenvalue weighted by Gasteiger charge is 2.22. The fourth-order valence-corrected chi connectivity index (χ4v) is 2.63. The van der Waals surface area contributed by atoms with Gasteiger partial charge in [0, 0.05) is 42.8 Å². The second-order valence-corrected chi connectivity index (χ2v) is 5.11. The Bertz CT molecular complexity index is 367. The van der Waals surface area contributed by atoms with E-state index in [9.17, 15) is 0 Å². The summed E-state index contributed by atoms with van der Waals surface area (Å²) < 4.78 is 0. The fourth-order valence-electron chi connectivity index (χ4n) is 2.43. The summed E-state index contributed by atoms with van der Waals surface area (Å²) in [7, 11) is 4.31. The number of pyridine rings is 1. The quantitative estimate of drug-likeness (QED) is 0.771. The van der Waals surface area contributed by atoms with Gasteiger partial charge in [0.25, 0.3) is 0 Å². The molecule has 0 aliphatic carbocycles. The monoisotopic (exact) mass is 253 g/mol. The number of hydrogen-bond acceptors (Lipinski definition) is 3. The molecule has 4 heteroatoms. The van der Waals surface area contributed by atoms with Gasteiger partial charge >= 0.3 is 0 Å². The standard InChI is InChI=1S/C13H20ClN3/c1-16(2)12-4-3-7-17(10-12)13-5-6-15-9-11(13)8-14/h5-6,9,12H,3-4,7-8,10H2,1-2H3. The van der Waals surface area contributed by atoms with E-state index >= 15 is 0 Å². The van der Waals surface area contributed by atoms with E-state index < -0.39 is 0 Å². The summed E-state index contributed by atoms with van der Waals surface area (Å²) in [5, 5.41) is 0. The first kappa shape index (κ1) is 12.7. The SMILES string of the molecule is CN(C)C1CCCN(c2ccncc2CCl)C1. The molecule has 0 saturated carbocycles. The van der Waals surface area contributed by atoms with Crippen molar-refractivity contribution in [2.45, 2.75) is 24.8 Å². The molecule has 1 aliphatic heterocycles. The molecule has 1 aromatic heterocycles. The normalized spacial score (nSPS) is 20.9. The van der Waals surface area contributed by atoms with Crippen LogP contribution in [-0.2, 0) is 5.88 Å². The maximum atomic E-state index is 5.97. The third kappa shape index (κ3) is 2.90. The van der Waals surface area contributed by atoms with Crippen molar-refractivity contribution in [1.82, 2.24) is 9.88 Å². The molecule has 0 N–H and O–H groups in total. The first-order valence-corrected chi connectivity index (χ1v) is 6.66. The first-order chi connectivity index (χ1) is 8.22. The molecular weight excluding hydrogens is 234 g/mol. The molecule has 1 aliphatic rings. The summed E-state index contributed by atoms with van der Waals surface area (Å²) in [6.07, 6.45) is 6.25. The number of hydrogen-bond donors (Lipinski definition) is 0. The van der Waals surface area contributed by atoms with Crippen LogP contribution in [0.15, 0.2) is 18.5 Å². The molecule has 17 heavy (non-hydrogen) atoms. The van der Waals surface area contributed by atoms with E-state index in [1.807, 2.05) is 12.4 Å². The van der Waals surface area contributed by atoms with Crippen LogP contribution in [0.5, 0.6) is 0 Å². The van der Waals surface area contributed by atoms with Crippen LogP contribution in [0.3, 0.4) is 0 Å². The zero-order valence-corrected chi connectivity index (χ0v) is 11.3. The topological polar surface area (TPSA) is 19.4 Å². The van der Waals surface area contributed by atoms with E-state index in [-0.39, 0.29) is 0 Å². The van der Waals surface area contributed by atoms with Crippen LogP contribution >= 0.6 is 11.6 Å². The zero-order chi connectivity index (χ0) is 12.3. The number of anilines is 1. The zero-order valence-electron chi connectivity index (χ0n) is 10.6. The lowest BCUT2D eigenvalue weighted by Crippen LogP contribution is -2.45. The summed E-state index contributed by atoms with van der Waals surface area (Å²) in [4.78, 5) is 8.89. The van der Waals surface area contributed by atoms with Gasteiger partial charge in [0.1, 0.15) is 0 Å². The summed E-state index contributed by atoms with van der Waals surface area (Å²) in [6, 6.07) is 2.72.